The van der Waals surface area contributed by atoms with E-state index >= 15 is 0 Å². The Morgan fingerprint density at radius 1 is 1.33 bits per heavy atom. The predicted octanol–water partition coefficient (Wildman–Crippen LogP) is 2.32. The Labute approximate surface area is 90.7 Å². The number of hydrogen-bond acceptors (Lipinski definition) is 3. The molecule has 0 aromatic heterocycles. The van der Waals surface area contributed by atoms with E-state index in [0.29, 0.717) is 5.56 Å². The third kappa shape index (κ3) is 2.72. The molecule has 0 aliphatic carbocycles. The molecule has 0 heterocycles. The van der Waals surface area contributed by atoms with Gasteiger partial charge < -0.3 is 9.64 Å². The van der Waals surface area contributed by atoms with E-state index in [4.69, 9.17) is 0 Å². The highest BCUT2D eigenvalue weighted by Crippen LogP contribution is 2.16. The van der Waals surface area contributed by atoms with Gasteiger partial charge in [-0.1, -0.05) is 6.07 Å². The average Bonchev–Trinajstić information content (AvgIpc) is 2.30. The molecule has 0 atom stereocenters. The molecule has 0 aliphatic rings. The van der Waals surface area contributed by atoms with Crippen LogP contribution in [-0.4, -0.2) is 26.2 Å². The minimum absolute atomic E-state index is 0.288. The van der Waals surface area contributed by atoms with Crippen LogP contribution in [0.2, 0.25) is 0 Å². The molecule has 0 amide bonds. The molecule has 0 aliphatic heterocycles. The molecule has 0 unspecified atom stereocenters. The molecule has 0 spiro atoms. The fourth-order valence-corrected chi connectivity index (χ4v) is 1.54. The Morgan fingerprint density at radius 2 is 2.00 bits per heavy atom. The highest BCUT2D eigenvalue weighted by atomic mass is 16.5. The lowest BCUT2D eigenvalue weighted by molar-refractivity contribution is 0.0601. The first kappa shape index (κ1) is 11.6. The maximum absolute atomic E-state index is 11.3. The molecular weight excluding hydrogens is 190 g/mol. The second-order valence-electron chi connectivity index (χ2n) is 3.21. The van der Waals surface area contributed by atoms with E-state index in [2.05, 4.69) is 23.5 Å². The van der Waals surface area contributed by atoms with Crippen LogP contribution in [0.15, 0.2) is 24.3 Å². The summed E-state index contributed by atoms with van der Waals surface area (Å²) in [5, 5.41) is 0. The monoisotopic (exact) mass is 207 g/mol. The minimum atomic E-state index is -0.288. The number of rotatable bonds is 4. The predicted molar refractivity (Wildman–Crippen MR) is 61.3 cm³/mol. The lowest BCUT2D eigenvalue weighted by atomic mass is 10.2. The summed E-state index contributed by atoms with van der Waals surface area (Å²) in [7, 11) is 1.40. The quantitative estimate of drug-likeness (QED) is 0.710. The maximum atomic E-state index is 11.3. The van der Waals surface area contributed by atoms with E-state index in [1.807, 2.05) is 18.2 Å². The molecule has 0 saturated heterocycles. The Hall–Kier alpha value is -1.51. The summed E-state index contributed by atoms with van der Waals surface area (Å²) in [6.45, 7) is 6.05. The molecular formula is C12H17NO2. The highest BCUT2D eigenvalue weighted by molar-refractivity contribution is 5.90. The van der Waals surface area contributed by atoms with E-state index in [1.165, 1.54) is 7.11 Å². The number of hydrogen-bond donors (Lipinski definition) is 0. The SMILES string of the molecule is CCN(CC)c1cccc(C(=O)OC)c1. The van der Waals surface area contributed by atoms with Crippen molar-refractivity contribution in [1.29, 1.82) is 0 Å². The zero-order chi connectivity index (χ0) is 11.3. The molecule has 1 aromatic rings. The molecule has 82 valence electrons. The zero-order valence-corrected chi connectivity index (χ0v) is 9.49. The van der Waals surface area contributed by atoms with Crippen LogP contribution in [0.3, 0.4) is 0 Å². The molecule has 3 heteroatoms. The molecule has 0 radical (unpaired) electrons. The molecule has 1 aromatic carbocycles. The topological polar surface area (TPSA) is 29.5 Å². The van der Waals surface area contributed by atoms with Gasteiger partial charge in [-0.15, -0.1) is 0 Å². The van der Waals surface area contributed by atoms with E-state index in [0.717, 1.165) is 18.8 Å². The Morgan fingerprint density at radius 3 is 2.53 bits per heavy atom. The first-order valence-corrected chi connectivity index (χ1v) is 5.16. The lowest BCUT2D eigenvalue weighted by Crippen LogP contribution is -2.22. The van der Waals surface area contributed by atoms with Crippen molar-refractivity contribution in [2.45, 2.75) is 13.8 Å². The fourth-order valence-electron chi connectivity index (χ4n) is 1.54. The van der Waals surface area contributed by atoms with Gasteiger partial charge in [0, 0.05) is 18.8 Å². The standard InChI is InChI=1S/C12H17NO2/c1-4-13(5-2)11-8-6-7-10(9-11)12(14)15-3/h6-9H,4-5H2,1-3H3. The van der Waals surface area contributed by atoms with Crippen LogP contribution in [0.1, 0.15) is 24.2 Å². The number of nitrogens with zero attached hydrogens (tertiary/aromatic N) is 1. The smallest absolute Gasteiger partial charge is 0.337 e. The van der Waals surface area contributed by atoms with Crippen LogP contribution in [-0.2, 0) is 4.74 Å². The lowest BCUT2D eigenvalue weighted by Gasteiger charge is -2.21. The number of methoxy groups -OCH3 is 1. The summed E-state index contributed by atoms with van der Waals surface area (Å²) < 4.78 is 4.68. The fraction of sp³-hybridized carbons (Fsp3) is 0.417. The van der Waals surface area contributed by atoms with Gasteiger partial charge >= 0.3 is 5.97 Å². The van der Waals surface area contributed by atoms with Gasteiger partial charge in [0.15, 0.2) is 0 Å². The summed E-state index contributed by atoms with van der Waals surface area (Å²) >= 11 is 0. The number of benzene rings is 1. The summed E-state index contributed by atoms with van der Waals surface area (Å²) in [4.78, 5) is 13.5. The third-order valence-corrected chi connectivity index (χ3v) is 2.40. The molecule has 1 rings (SSSR count). The number of anilines is 1. The molecule has 3 nitrogen and oxygen atoms in total. The molecule has 0 N–H and O–H groups in total. The van der Waals surface area contributed by atoms with Crippen LogP contribution in [0.25, 0.3) is 0 Å². The first-order chi connectivity index (χ1) is 7.22. The van der Waals surface area contributed by atoms with Crippen molar-refractivity contribution in [3.63, 3.8) is 0 Å². The number of carbonyl (C=O) groups is 1. The van der Waals surface area contributed by atoms with Crippen LogP contribution in [0, 0.1) is 0 Å². The Balaban J connectivity index is 2.96. The van der Waals surface area contributed by atoms with Crippen molar-refractivity contribution >= 4 is 11.7 Å². The Kier molecular flexibility index (Phi) is 4.16. The highest BCUT2D eigenvalue weighted by Gasteiger charge is 2.07. The first-order valence-electron chi connectivity index (χ1n) is 5.16. The van der Waals surface area contributed by atoms with Gasteiger partial charge in [-0.05, 0) is 32.0 Å². The molecule has 15 heavy (non-hydrogen) atoms. The van der Waals surface area contributed by atoms with Crippen molar-refractivity contribution in [2.24, 2.45) is 0 Å². The molecule has 0 bridgehead atoms. The second-order valence-corrected chi connectivity index (χ2v) is 3.21. The van der Waals surface area contributed by atoms with Gasteiger partial charge in [-0.3, -0.25) is 0 Å². The number of carbonyl (C=O) groups excluding carboxylic acids is 1. The van der Waals surface area contributed by atoms with E-state index in [1.54, 1.807) is 6.07 Å². The normalized spacial score (nSPS) is 9.80. The van der Waals surface area contributed by atoms with Crippen molar-refractivity contribution in [2.75, 3.05) is 25.1 Å². The number of esters is 1. The van der Waals surface area contributed by atoms with Crippen molar-refractivity contribution in [3.8, 4) is 0 Å². The second kappa shape index (κ2) is 5.39. The summed E-state index contributed by atoms with van der Waals surface area (Å²) in [5.74, 6) is -0.288. The van der Waals surface area contributed by atoms with Crippen LogP contribution in [0.5, 0.6) is 0 Å². The van der Waals surface area contributed by atoms with Gasteiger partial charge in [0.25, 0.3) is 0 Å². The van der Waals surface area contributed by atoms with Gasteiger partial charge in [0.1, 0.15) is 0 Å². The molecule has 0 saturated carbocycles. The zero-order valence-electron chi connectivity index (χ0n) is 9.49. The van der Waals surface area contributed by atoms with Crippen LogP contribution < -0.4 is 4.90 Å². The van der Waals surface area contributed by atoms with Crippen molar-refractivity contribution in [1.82, 2.24) is 0 Å². The van der Waals surface area contributed by atoms with Crippen LogP contribution >= 0.6 is 0 Å². The largest absolute Gasteiger partial charge is 0.465 e. The third-order valence-electron chi connectivity index (χ3n) is 2.40. The summed E-state index contributed by atoms with van der Waals surface area (Å²) in [6.07, 6.45) is 0. The van der Waals surface area contributed by atoms with Crippen molar-refractivity contribution < 1.29 is 9.53 Å². The van der Waals surface area contributed by atoms with E-state index in [-0.39, 0.29) is 5.97 Å². The van der Waals surface area contributed by atoms with Gasteiger partial charge in [0.2, 0.25) is 0 Å². The average molecular weight is 207 g/mol. The maximum Gasteiger partial charge on any atom is 0.337 e. The Bertz CT molecular complexity index is 332. The van der Waals surface area contributed by atoms with E-state index < -0.39 is 0 Å². The number of ether oxygens (including phenoxy) is 1. The van der Waals surface area contributed by atoms with Gasteiger partial charge in [-0.2, -0.15) is 0 Å². The minimum Gasteiger partial charge on any atom is -0.465 e. The van der Waals surface area contributed by atoms with Crippen LogP contribution in [0.4, 0.5) is 5.69 Å². The summed E-state index contributed by atoms with van der Waals surface area (Å²) in [6, 6.07) is 7.50. The van der Waals surface area contributed by atoms with E-state index in [9.17, 15) is 4.79 Å². The molecule has 0 fully saturated rings. The van der Waals surface area contributed by atoms with Gasteiger partial charge in [-0.25, -0.2) is 4.79 Å². The van der Waals surface area contributed by atoms with Gasteiger partial charge in [0.05, 0.1) is 12.7 Å². The van der Waals surface area contributed by atoms with Crippen molar-refractivity contribution in [3.05, 3.63) is 29.8 Å². The summed E-state index contributed by atoms with van der Waals surface area (Å²) in [5.41, 5.74) is 1.66.